The molecule has 1 N–H and O–H groups in total. The van der Waals surface area contributed by atoms with Gasteiger partial charge in [0.25, 0.3) is 11.8 Å². The zero-order chi connectivity index (χ0) is 18.4. The normalized spacial score (nSPS) is 10.2. The van der Waals surface area contributed by atoms with Crippen LogP contribution >= 0.6 is 11.3 Å². The Kier molecular flexibility index (Phi) is 6.30. The molecule has 0 aliphatic rings. The Morgan fingerprint density at radius 2 is 1.84 bits per heavy atom. The molecular formula is C18H19NO5S. The highest BCUT2D eigenvalue weighted by atomic mass is 32.1. The van der Waals surface area contributed by atoms with Crippen LogP contribution in [0.25, 0.3) is 0 Å². The summed E-state index contributed by atoms with van der Waals surface area (Å²) in [5, 5.41) is 2.18. The number of ether oxygens (including phenoxy) is 2. The molecule has 0 unspecified atom stereocenters. The van der Waals surface area contributed by atoms with Gasteiger partial charge in [0, 0.05) is 10.4 Å². The summed E-state index contributed by atoms with van der Waals surface area (Å²) in [7, 11) is 1.52. The Labute approximate surface area is 149 Å². The van der Waals surface area contributed by atoms with E-state index in [2.05, 4.69) is 5.32 Å². The minimum absolute atomic E-state index is 0.307. The predicted molar refractivity (Wildman–Crippen MR) is 94.2 cm³/mol. The zero-order valence-corrected chi connectivity index (χ0v) is 15.1. The Balaban J connectivity index is 1.86. The van der Waals surface area contributed by atoms with Gasteiger partial charge in [-0.05, 0) is 49.2 Å². The first-order valence-electron chi connectivity index (χ1n) is 7.69. The maximum Gasteiger partial charge on any atom is 0.348 e. The van der Waals surface area contributed by atoms with Crippen molar-refractivity contribution in [2.45, 2.75) is 20.3 Å². The average Bonchev–Trinajstić information content (AvgIpc) is 3.00. The van der Waals surface area contributed by atoms with Crippen LogP contribution in [0.3, 0.4) is 0 Å². The Morgan fingerprint density at radius 1 is 1.16 bits per heavy atom. The number of benzene rings is 1. The lowest BCUT2D eigenvalue weighted by Crippen LogP contribution is -2.34. The Bertz CT molecular complexity index is 779. The van der Waals surface area contributed by atoms with Crippen molar-refractivity contribution in [3.8, 4) is 5.75 Å². The molecule has 6 nitrogen and oxygen atoms in total. The van der Waals surface area contributed by atoms with E-state index in [0.29, 0.717) is 16.2 Å². The molecule has 0 radical (unpaired) electrons. The zero-order valence-electron chi connectivity index (χ0n) is 14.3. The molecule has 0 aliphatic heterocycles. The van der Waals surface area contributed by atoms with Crippen LogP contribution in [0.5, 0.6) is 5.75 Å². The number of nitrogens with one attached hydrogen (secondary N) is 1. The number of hydrogen-bond donors (Lipinski definition) is 1. The second kappa shape index (κ2) is 8.43. The summed E-state index contributed by atoms with van der Waals surface area (Å²) in [4.78, 5) is 37.2. The molecule has 0 aliphatic carbocycles. The van der Waals surface area contributed by atoms with E-state index in [0.717, 1.165) is 16.9 Å². The van der Waals surface area contributed by atoms with Gasteiger partial charge in [0.15, 0.2) is 6.61 Å². The van der Waals surface area contributed by atoms with Crippen LogP contribution in [0.4, 0.5) is 0 Å². The monoisotopic (exact) mass is 361 g/mol. The lowest BCUT2D eigenvalue weighted by Gasteiger charge is -2.06. The minimum atomic E-state index is -0.682. The quantitative estimate of drug-likeness (QED) is 0.800. The number of rotatable bonds is 6. The third-order valence-corrected chi connectivity index (χ3v) is 4.84. The van der Waals surface area contributed by atoms with Crippen molar-refractivity contribution in [2.24, 2.45) is 0 Å². The summed E-state index contributed by atoms with van der Waals surface area (Å²) >= 11 is 1.35. The number of esters is 1. The summed E-state index contributed by atoms with van der Waals surface area (Å²) in [5.41, 5.74) is 1.33. The van der Waals surface area contributed by atoms with E-state index in [1.807, 2.05) is 13.8 Å². The molecule has 2 aromatic rings. The van der Waals surface area contributed by atoms with E-state index < -0.39 is 24.4 Å². The van der Waals surface area contributed by atoms with Crippen molar-refractivity contribution >= 4 is 29.1 Å². The van der Waals surface area contributed by atoms with Crippen LogP contribution in [0.2, 0.25) is 0 Å². The highest BCUT2D eigenvalue weighted by molar-refractivity contribution is 7.14. The minimum Gasteiger partial charge on any atom is -0.497 e. The van der Waals surface area contributed by atoms with Crippen molar-refractivity contribution in [3.05, 3.63) is 51.2 Å². The maximum atomic E-state index is 12.0. The molecule has 0 saturated carbocycles. The molecule has 0 bridgehead atoms. The van der Waals surface area contributed by atoms with Crippen LogP contribution in [-0.2, 0) is 16.0 Å². The summed E-state index contributed by atoms with van der Waals surface area (Å²) in [5.74, 6) is -1.21. The lowest BCUT2D eigenvalue weighted by atomic mass is 10.2. The van der Waals surface area contributed by atoms with Crippen LogP contribution in [0.1, 0.15) is 37.4 Å². The number of thiophene rings is 1. The van der Waals surface area contributed by atoms with Crippen molar-refractivity contribution in [3.63, 3.8) is 0 Å². The van der Waals surface area contributed by atoms with Crippen molar-refractivity contribution < 1.29 is 23.9 Å². The molecule has 1 aromatic heterocycles. The van der Waals surface area contributed by atoms with Crippen LogP contribution in [0, 0.1) is 6.92 Å². The number of amides is 2. The summed E-state index contributed by atoms with van der Waals surface area (Å²) in [6.07, 6.45) is 0.834. The fourth-order valence-corrected chi connectivity index (χ4v) is 3.16. The molecule has 25 heavy (non-hydrogen) atoms. The van der Waals surface area contributed by atoms with Gasteiger partial charge >= 0.3 is 5.97 Å². The summed E-state index contributed by atoms with van der Waals surface area (Å²) < 4.78 is 9.96. The average molecular weight is 361 g/mol. The van der Waals surface area contributed by atoms with Crippen LogP contribution < -0.4 is 10.1 Å². The van der Waals surface area contributed by atoms with E-state index in [1.165, 1.54) is 30.6 Å². The number of imide groups is 1. The number of carbonyl (C=O) groups excluding carboxylic acids is 3. The van der Waals surface area contributed by atoms with Gasteiger partial charge in [-0.3, -0.25) is 14.9 Å². The summed E-state index contributed by atoms with van der Waals surface area (Å²) in [6, 6.07) is 8.04. The highest BCUT2D eigenvalue weighted by Gasteiger charge is 2.16. The molecule has 1 aromatic carbocycles. The molecule has 2 amide bonds. The number of carbonyl (C=O) groups is 3. The third kappa shape index (κ3) is 4.90. The molecule has 132 valence electrons. The van der Waals surface area contributed by atoms with Crippen molar-refractivity contribution in [1.82, 2.24) is 5.32 Å². The van der Waals surface area contributed by atoms with Crippen LogP contribution in [0.15, 0.2) is 30.3 Å². The number of methoxy groups -OCH3 is 1. The fourth-order valence-electron chi connectivity index (χ4n) is 2.15. The van der Waals surface area contributed by atoms with Gasteiger partial charge in [-0.1, -0.05) is 6.92 Å². The molecule has 0 spiro atoms. The second-order valence-electron chi connectivity index (χ2n) is 5.25. The fraction of sp³-hybridized carbons (Fsp3) is 0.278. The van der Waals surface area contributed by atoms with E-state index >= 15 is 0 Å². The Hall–Kier alpha value is -2.67. The van der Waals surface area contributed by atoms with Gasteiger partial charge in [-0.15, -0.1) is 11.3 Å². The first-order valence-corrected chi connectivity index (χ1v) is 8.51. The van der Waals surface area contributed by atoms with Gasteiger partial charge in [0.05, 0.1) is 7.11 Å². The van der Waals surface area contributed by atoms with E-state index in [9.17, 15) is 14.4 Å². The first-order chi connectivity index (χ1) is 11.9. The van der Waals surface area contributed by atoms with Gasteiger partial charge in [-0.2, -0.15) is 0 Å². The number of aryl methyl sites for hydroxylation is 2. The number of hydrogen-bond acceptors (Lipinski definition) is 6. The summed E-state index contributed by atoms with van der Waals surface area (Å²) in [6.45, 7) is 3.41. The van der Waals surface area contributed by atoms with Crippen molar-refractivity contribution in [1.29, 1.82) is 0 Å². The molecular weight excluding hydrogens is 342 g/mol. The van der Waals surface area contributed by atoms with Crippen molar-refractivity contribution in [2.75, 3.05) is 13.7 Å². The largest absolute Gasteiger partial charge is 0.497 e. The maximum absolute atomic E-state index is 12.0. The standard InChI is InChI=1S/C18H19NO5S/c1-4-14-11(2)9-15(25-14)18(22)24-10-16(20)19-17(21)12-5-7-13(23-3)8-6-12/h5-9H,4,10H2,1-3H3,(H,19,20,21). The molecule has 2 rings (SSSR count). The molecule has 0 atom stereocenters. The molecule has 7 heteroatoms. The lowest BCUT2D eigenvalue weighted by molar-refractivity contribution is -0.123. The van der Waals surface area contributed by atoms with Gasteiger partial charge < -0.3 is 9.47 Å². The topological polar surface area (TPSA) is 81.7 Å². The smallest absolute Gasteiger partial charge is 0.348 e. The highest BCUT2D eigenvalue weighted by Crippen LogP contribution is 2.22. The Morgan fingerprint density at radius 3 is 2.40 bits per heavy atom. The van der Waals surface area contributed by atoms with E-state index in [1.54, 1.807) is 18.2 Å². The van der Waals surface area contributed by atoms with Crippen LogP contribution in [-0.4, -0.2) is 31.5 Å². The molecule has 0 fully saturated rings. The SMILES string of the molecule is CCc1sc(C(=O)OCC(=O)NC(=O)c2ccc(OC)cc2)cc1C. The van der Waals surface area contributed by atoms with Gasteiger partial charge in [-0.25, -0.2) is 4.79 Å². The third-order valence-electron chi connectivity index (χ3n) is 3.48. The van der Waals surface area contributed by atoms with E-state index in [-0.39, 0.29) is 0 Å². The van der Waals surface area contributed by atoms with E-state index in [4.69, 9.17) is 9.47 Å². The van der Waals surface area contributed by atoms with Gasteiger partial charge in [0.2, 0.25) is 0 Å². The molecule has 0 saturated heterocycles. The predicted octanol–water partition coefficient (Wildman–Crippen LogP) is 2.74. The first kappa shape index (κ1) is 18.7. The second-order valence-corrected chi connectivity index (χ2v) is 6.39. The van der Waals surface area contributed by atoms with Gasteiger partial charge in [0.1, 0.15) is 10.6 Å². The molecule has 1 heterocycles.